The van der Waals surface area contributed by atoms with E-state index < -0.39 is 5.78 Å². The summed E-state index contributed by atoms with van der Waals surface area (Å²) in [5, 5.41) is 9.70. The first kappa shape index (κ1) is 14.3. The molecule has 0 atom stereocenters. The van der Waals surface area contributed by atoms with Gasteiger partial charge in [-0.3, -0.25) is 14.4 Å². The highest BCUT2D eigenvalue weighted by atomic mass is 16.5. The summed E-state index contributed by atoms with van der Waals surface area (Å²) >= 11 is 0. The quantitative estimate of drug-likeness (QED) is 0.642. The van der Waals surface area contributed by atoms with Gasteiger partial charge in [-0.25, -0.2) is 0 Å². The number of hydrogen-bond acceptors (Lipinski definition) is 6. The fourth-order valence-electron chi connectivity index (χ4n) is 1.78. The number of hydrogen-bond donors (Lipinski definition) is 1. The third kappa shape index (κ3) is 3.06. The Balaban J connectivity index is 2.47. The van der Waals surface area contributed by atoms with Crippen molar-refractivity contribution in [1.82, 2.24) is 0 Å². The van der Waals surface area contributed by atoms with Gasteiger partial charge in [0.15, 0.2) is 5.78 Å². The molecule has 2 rings (SSSR count). The van der Waals surface area contributed by atoms with Crippen LogP contribution in [0.25, 0.3) is 0 Å². The van der Waals surface area contributed by atoms with Gasteiger partial charge in [0.2, 0.25) is 0 Å². The molecule has 1 N–H and O–H groups in total. The van der Waals surface area contributed by atoms with Crippen molar-refractivity contribution in [1.29, 1.82) is 0 Å². The smallest absolute Gasteiger partial charge is 0.298 e. The molecule has 0 heterocycles. The van der Waals surface area contributed by atoms with Gasteiger partial charge in [0.25, 0.3) is 12.9 Å². The van der Waals surface area contributed by atoms with Crippen molar-refractivity contribution in [3.63, 3.8) is 0 Å². The maximum absolute atomic E-state index is 12.4. The number of aromatic hydroxyl groups is 1. The summed E-state index contributed by atoms with van der Waals surface area (Å²) in [4.78, 5) is 33.2. The number of phenolic OH excluding ortho intramolecular Hbond substituents is 1. The monoisotopic (exact) mass is 286 g/mol. The molecule has 6 heteroatoms. The van der Waals surface area contributed by atoms with E-state index in [0.29, 0.717) is 0 Å². The number of carbonyl (C=O) groups excluding carboxylic acids is 3. The van der Waals surface area contributed by atoms with Crippen LogP contribution < -0.4 is 9.47 Å². The molecule has 106 valence electrons. The van der Waals surface area contributed by atoms with Gasteiger partial charge in [-0.15, -0.1) is 0 Å². The topological polar surface area (TPSA) is 89.9 Å². The first-order chi connectivity index (χ1) is 10.2. The van der Waals surface area contributed by atoms with Crippen molar-refractivity contribution in [3.05, 3.63) is 53.6 Å². The maximum Gasteiger partial charge on any atom is 0.298 e. The van der Waals surface area contributed by atoms with Crippen LogP contribution >= 0.6 is 0 Å². The van der Waals surface area contributed by atoms with Gasteiger partial charge in [0.1, 0.15) is 17.2 Å². The van der Waals surface area contributed by atoms with Gasteiger partial charge in [-0.1, -0.05) is 12.1 Å². The van der Waals surface area contributed by atoms with Crippen molar-refractivity contribution in [2.45, 2.75) is 0 Å². The molecule has 0 radical (unpaired) electrons. The summed E-state index contributed by atoms with van der Waals surface area (Å²) in [6.07, 6.45) is 0. The summed E-state index contributed by atoms with van der Waals surface area (Å²) in [5.74, 6) is -0.663. The average molecular weight is 286 g/mol. The standard InChI is InChI=1S/C15H10O6/c16-8-20-10-5-6-12(14(7-10)21-9-17)15(19)11-3-1-2-4-13(11)18/h1-9,18H. The number of carbonyl (C=O) groups is 3. The zero-order valence-electron chi connectivity index (χ0n) is 10.7. The van der Waals surface area contributed by atoms with Crippen LogP contribution in [-0.4, -0.2) is 23.8 Å². The molecule has 0 aliphatic carbocycles. The minimum atomic E-state index is -0.525. The molecule has 0 saturated heterocycles. The van der Waals surface area contributed by atoms with Crippen LogP contribution in [0.3, 0.4) is 0 Å². The van der Waals surface area contributed by atoms with Crippen LogP contribution in [0, 0.1) is 0 Å². The number of ketones is 1. The molecular formula is C15H10O6. The van der Waals surface area contributed by atoms with Crippen molar-refractivity contribution >= 4 is 18.7 Å². The predicted molar refractivity (Wildman–Crippen MR) is 71.4 cm³/mol. The third-order valence-corrected chi connectivity index (χ3v) is 2.71. The third-order valence-electron chi connectivity index (χ3n) is 2.71. The lowest BCUT2D eigenvalue weighted by Gasteiger charge is -2.09. The highest BCUT2D eigenvalue weighted by Gasteiger charge is 2.18. The lowest BCUT2D eigenvalue weighted by molar-refractivity contribution is -0.121. The summed E-state index contributed by atoms with van der Waals surface area (Å²) in [5.41, 5.74) is 0.124. The number of rotatable bonds is 6. The van der Waals surface area contributed by atoms with Gasteiger partial charge in [-0.05, 0) is 24.3 Å². The Morgan fingerprint density at radius 1 is 0.952 bits per heavy atom. The molecule has 2 aromatic carbocycles. The second kappa shape index (κ2) is 6.33. The van der Waals surface area contributed by atoms with Gasteiger partial charge in [0.05, 0.1) is 11.1 Å². The second-order valence-corrected chi connectivity index (χ2v) is 3.93. The molecular weight excluding hydrogens is 276 g/mol. The Labute approximate surface area is 119 Å². The molecule has 0 unspecified atom stereocenters. The SMILES string of the molecule is O=COc1ccc(C(=O)c2ccccc2O)c(OC=O)c1. The van der Waals surface area contributed by atoms with Crippen molar-refractivity contribution in [2.75, 3.05) is 0 Å². The van der Waals surface area contributed by atoms with Gasteiger partial charge in [0, 0.05) is 6.07 Å². The van der Waals surface area contributed by atoms with Gasteiger partial charge < -0.3 is 14.6 Å². The zero-order chi connectivity index (χ0) is 15.2. The summed E-state index contributed by atoms with van der Waals surface area (Å²) in [6.45, 7) is 0.367. The Hall–Kier alpha value is -3.15. The number of para-hydroxylation sites is 1. The van der Waals surface area contributed by atoms with Crippen LogP contribution in [0.2, 0.25) is 0 Å². The zero-order valence-corrected chi connectivity index (χ0v) is 10.7. The van der Waals surface area contributed by atoms with Crippen molar-refractivity contribution in [3.8, 4) is 17.2 Å². The fourth-order valence-corrected chi connectivity index (χ4v) is 1.78. The molecule has 0 fully saturated rings. The number of benzene rings is 2. The predicted octanol–water partition coefficient (Wildman–Crippen LogP) is 1.69. The normalized spacial score (nSPS) is 9.71. The average Bonchev–Trinajstić information content (AvgIpc) is 2.48. The molecule has 0 amide bonds. The molecule has 2 aromatic rings. The molecule has 0 aliphatic rings. The van der Waals surface area contributed by atoms with Gasteiger partial charge >= 0.3 is 0 Å². The number of phenols is 1. The van der Waals surface area contributed by atoms with Crippen LogP contribution in [-0.2, 0) is 9.59 Å². The Kier molecular flexibility index (Phi) is 4.30. The molecule has 0 spiro atoms. The second-order valence-electron chi connectivity index (χ2n) is 3.93. The van der Waals surface area contributed by atoms with E-state index in [9.17, 15) is 19.5 Å². The van der Waals surface area contributed by atoms with E-state index in [0.717, 1.165) is 0 Å². The Morgan fingerprint density at radius 2 is 1.67 bits per heavy atom. The summed E-state index contributed by atoms with van der Waals surface area (Å²) in [6, 6.07) is 9.93. The van der Waals surface area contributed by atoms with Crippen LogP contribution in [0.15, 0.2) is 42.5 Å². The van der Waals surface area contributed by atoms with Crippen molar-refractivity contribution in [2.24, 2.45) is 0 Å². The molecule has 0 bridgehead atoms. The number of ether oxygens (including phenoxy) is 2. The largest absolute Gasteiger partial charge is 0.507 e. The Morgan fingerprint density at radius 3 is 2.33 bits per heavy atom. The van der Waals surface area contributed by atoms with E-state index in [-0.39, 0.29) is 41.3 Å². The first-order valence-corrected chi connectivity index (χ1v) is 5.84. The minimum absolute atomic E-state index is 0.0573. The molecule has 0 aliphatic heterocycles. The van der Waals surface area contributed by atoms with Crippen LogP contribution in [0.4, 0.5) is 0 Å². The summed E-state index contributed by atoms with van der Waals surface area (Å²) < 4.78 is 9.35. The van der Waals surface area contributed by atoms with E-state index in [1.165, 1.54) is 30.3 Å². The van der Waals surface area contributed by atoms with Crippen molar-refractivity contribution < 1.29 is 29.0 Å². The highest BCUT2D eigenvalue weighted by molar-refractivity contribution is 6.12. The van der Waals surface area contributed by atoms with E-state index in [1.54, 1.807) is 12.1 Å². The lowest BCUT2D eigenvalue weighted by Crippen LogP contribution is -2.05. The van der Waals surface area contributed by atoms with E-state index in [1.807, 2.05) is 0 Å². The van der Waals surface area contributed by atoms with E-state index >= 15 is 0 Å². The lowest BCUT2D eigenvalue weighted by atomic mass is 10.0. The van der Waals surface area contributed by atoms with Crippen LogP contribution in [0.5, 0.6) is 17.2 Å². The van der Waals surface area contributed by atoms with E-state index in [2.05, 4.69) is 4.74 Å². The maximum atomic E-state index is 12.4. The molecule has 0 aromatic heterocycles. The molecule has 21 heavy (non-hydrogen) atoms. The molecule has 6 nitrogen and oxygen atoms in total. The first-order valence-electron chi connectivity index (χ1n) is 5.84. The minimum Gasteiger partial charge on any atom is -0.507 e. The molecule has 0 saturated carbocycles. The van der Waals surface area contributed by atoms with Crippen LogP contribution in [0.1, 0.15) is 15.9 Å². The van der Waals surface area contributed by atoms with E-state index in [4.69, 9.17) is 4.74 Å². The fraction of sp³-hybridized carbons (Fsp3) is 0. The Bertz CT molecular complexity index is 692. The summed E-state index contributed by atoms with van der Waals surface area (Å²) in [7, 11) is 0. The van der Waals surface area contributed by atoms with Gasteiger partial charge in [-0.2, -0.15) is 0 Å². The highest BCUT2D eigenvalue weighted by Crippen LogP contribution is 2.29.